The quantitative estimate of drug-likeness (QED) is 0.409. The average molecular weight is 301 g/mol. The smallest absolute Gasteiger partial charge is 0.191 e. The van der Waals surface area contributed by atoms with Crippen molar-refractivity contribution in [2.75, 3.05) is 51.8 Å². The number of rotatable bonds is 8. The van der Waals surface area contributed by atoms with Crippen LogP contribution in [0.2, 0.25) is 0 Å². The second kappa shape index (κ2) is 11.3. The summed E-state index contributed by atoms with van der Waals surface area (Å²) in [6.45, 7) is 7.46. The third-order valence-electron chi connectivity index (χ3n) is 3.64. The summed E-state index contributed by atoms with van der Waals surface area (Å²) >= 11 is 1.92. The van der Waals surface area contributed by atoms with Gasteiger partial charge >= 0.3 is 0 Å². The van der Waals surface area contributed by atoms with Crippen molar-refractivity contribution in [1.82, 2.24) is 15.5 Å². The van der Waals surface area contributed by atoms with Crippen molar-refractivity contribution in [3.8, 4) is 0 Å². The van der Waals surface area contributed by atoms with Gasteiger partial charge in [-0.2, -0.15) is 11.8 Å². The van der Waals surface area contributed by atoms with E-state index in [9.17, 15) is 0 Å². The fourth-order valence-corrected chi connectivity index (χ4v) is 3.06. The summed E-state index contributed by atoms with van der Waals surface area (Å²) in [6.07, 6.45) is 7.30. The molecule has 118 valence electrons. The van der Waals surface area contributed by atoms with Gasteiger partial charge in [-0.15, -0.1) is 0 Å². The highest BCUT2D eigenvalue weighted by molar-refractivity contribution is 7.98. The van der Waals surface area contributed by atoms with Crippen LogP contribution in [0.15, 0.2) is 4.99 Å². The molecule has 0 amide bonds. The third-order valence-corrected chi connectivity index (χ3v) is 4.34. The fraction of sp³-hybridized carbons (Fsp3) is 0.933. The SMILES string of the molecule is CCNC(=NCC1CCCN(C)C1)NCCCCSC. The van der Waals surface area contributed by atoms with Gasteiger partial charge in [0.25, 0.3) is 0 Å². The van der Waals surface area contributed by atoms with Crippen molar-refractivity contribution in [3.63, 3.8) is 0 Å². The Morgan fingerprint density at radius 2 is 2.20 bits per heavy atom. The molecule has 4 nitrogen and oxygen atoms in total. The second-order valence-electron chi connectivity index (χ2n) is 5.62. The molecular weight excluding hydrogens is 268 g/mol. The highest BCUT2D eigenvalue weighted by Crippen LogP contribution is 2.14. The van der Waals surface area contributed by atoms with Crippen LogP contribution >= 0.6 is 11.8 Å². The first-order valence-corrected chi connectivity index (χ1v) is 9.35. The molecule has 0 aromatic carbocycles. The van der Waals surface area contributed by atoms with Gasteiger partial charge in [-0.05, 0) is 64.1 Å². The molecule has 20 heavy (non-hydrogen) atoms. The van der Waals surface area contributed by atoms with E-state index < -0.39 is 0 Å². The van der Waals surface area contributed by atoms with E-state index in [-0.39, 0.29) is 0 Å². The number of guanidine groups is 1. The number of likely N-dealkylation sites (tertiary alicyclic amines) is 1. The van der Waals surface area contributed by atoms with E-state index in [1.165, 1.54) is 44.5 Å². The Morgan fingerprint density at radius 1 is 1.35 bits per heavy atom. The average Bonchev–Trinajstić information content (AvgIpc) is 2.44. The van der Waals surface area contributed by atoms with Crippen molar-refractivity contribution in [3.05, 3.63) is 0 Å². The zero-order valence-electron chi connectivity index (χ0n) is 13.5. The molecule has 1 aliphatic heterocycles. The molecule has 0 bridgehead atoms. The Kier molecular flexibility index (Phi) is 9.93. The molecule has 0 aromatic heterocycles. The Bertz CT molecular complexity index is 271. The summed E-state index contributed by atoms with van der Waals surface area (Å²) in [5.74, 6) is 2.97. The molecular formula is C15H32N4S. The zero-order valence-corrected chi connectivity index (χ0v) is 14.3. The van der Waals surface area contributed by atoms with Gasteiger partial charge in [0.15, 0.2) is 5.96 Å². The van der Waals surface area contributed by atoms with Gasteiger partial charge in [-0.25, -0.2) is 0 Å². The molecule has 1 fully saturated rings. The number of piperidine rings is 1. The first-order valence-electron chi connectivity index (χ1n) is 7.96. The monoisotopic (exact) mass is 300 g/mol. The maximum atomic E-state index is 4.75. The normalized spacial score (nSPS) is 20.9. The lowest BCUT2D eigenvalue weighted by Crippen LogP contribution is -2.39. The molecule has 0 aromatic rings. The van der Waals surface area contributed by atoms with E-state index in [0.29, 0.717) is 0 Å². The lowest BCUT2D eigenvalue weighted by Gasteiger charge is -2.28. The van der Waals surface area contributed by atoms with E-state index in [0.717, 1.165) is 31.5 Å². The van der Waals surface area contributed by atoms with Gasteiger partial charge in [-0.3, -0.25) is 4.99 Å². The van der Waals surface area contributed by atoms with Gasteiger partial charge in [-0.1, -0.05) is 0 Å². The first kappa shape index (κ1) is 17.6. The van der Waals surface area contributed by atoms with Crippen LogP contribution in [0.1, 0.15) is 32.6 Å². The van der Waals surface area contributed by atoms with Gasteiger partial charge in [0, 0.05) is 26.2 Å². The van der Waals surface area contributed by atoms with E-state index in [4.69, 9.17) is 4.99 Å². The van der Waals surface area contributed by atoms with Gasteiger partial charge in [0.2, 0.25) is 0 Å². The molecule has 1 saturated heterocycles. The molecule has 1 rings (SSSR count). The molecule has 1 unspecified atom stereocenters. The molecule has 0 aliphatic carbocycles. The summed E-state index contributed by atoms with van der Waals surface area (Å²) < 4.78 is 0. The van der Waals surface area contributed by atoms with Gasteiger partial charge in [0.1, 0.15) is 0 Å². The number of nitrogens with zero attached hydrogens (tertiary/aromatic N) is 2. The molecule has 1 aliphatic rings. The van der Waals surface area contributed by atoms with E-state index in [1.807, 2.05) is 11.8 Å². The number of unbranched alkanes of at least 4 members (excludes halogenated alkanes) is 1. The lowest BCUT2D eigenvalue weighted by molar-refractivity contribution is 0.214. The molecule has 0 spiro atoms. The summed E-state index contributed by atoms with van der Waals surface area (Å²) in [4.78, 5) is 7.17. The topological polar surface area (TPSA) is 39.7 Å². The molecule has 0 radical (unpaired) electrons. The van der Waals surface area contributed by atoms with Crippen LogP contribution in [0.3, 0.4) is 0 Å². The third kappa shape index (κ3) is 8.00. The zero-order chi connectivity index (χ0) is 14.6. The molecule has 0 saturated carbocycles. The van der Waals surface area contributed by atoms with Gasteiger partial charge < -0.3 is 15.5 Å². The minimum atomic E-state index is 0.723. The van der Waals surface area contributed by atoms with Crippen LogP contribution in [-0.4, -0.2) is 62.6 Å². The number of hydrogen-bond acceptors (Lipinski definition) is 3. The largest absolute Gasteiger partial charge is 0.357 e. The summed E-state index contributed by atoms with van der Waals surface area (Å²) in [5, 5.41) is 6.79. The van der Waals surface area contributed by atoms with Crippen molar-refractivity contribution >= 4 is 17.7 Å². The predicted molar refractivity (Wildman–Crippen MR) is 91.8 cm³/mol. The van der Waals surface area contributed by atoms with Crippen molar-refractivity contribution < 1.29 is 0 Å². The fourth-order valence-electron chi connectivity index (χ4n) is 2.56. The van der Waals surface area contributed by atoms with Crippen molar-refractivity contribution in [2.24, 2.45) is 10.9 Å². The van der Waals surface area contributed by atoms with Crippen LogP contribution < -0.4 is 10.6 Å². The first-order chi connectivity index (χ1) is 9.76. The summed E-state index contributed by atoms with van der Waals surface area (Å²) in [5.41, 5.74) is 0. The summed E-state index contributed by atoms with van der Waals surface area (Å²) in [7, 11) is 2.21. The highest BCUT2D eigenvalue weighted by atomic mass is 32.2. The second-order valence-corrected chi connectivity index (χ2v) is 6.60. The Morgan fingerprint density at radius 3 is 2.90 bits per heavy atom. The van der Waals surface area contributed by atoms with Crippen molar-refractivity contribution in [2.45, 2.75) is 32.6 Å². The highest BCUT2D eigenvalue weighted by Gasteiger charge is 2.16. The minimum Gasteiger partial charge on any atom is -0.357 e. The Balaban J connectivity index is 2.26. The van der Waals surface area contributed by atoms with E-state index in [1.54, 1.807) is 0 Å². The maximum absolute atomic E-state index is 4.75. The van der Waals surface area contributed by atoms with Crippen molar-refractivity contribution in [1.29, 1.82) is 0 Å². The Hall–Kier alpha value is -0.420. The van der Waals surface area contributed by atoms with Crippen LogP contribution in [0.4, 0.5) is 0 Å². The predicted octanol–water partition coefficient (Wildman–Crippen LogP) is 2.03. The summed E-state index contributed by atoms with van der Waals surface area (Å²) in [6, 6.07) is 0. The lowest BCUT2D eigenvalue weighted by atomic mass is 9.99. The van der Waals surface area contributed by atoms with Gasteiger partial charge in [0.05, 0.1) is 0 Å². The maximum Gasteiger partial charge on any atom is 0.191 e. The van der Waals surface area contributed by atoms with Crippen LogP contribution in [0.25, 0.3) is 0 Å². The number of hydrogen-bond donors (Lipinski definition) is 2. The minimum absolute atomic E-state index is 0.723. The van der Waals surface area contributed by atoms with Crippen LogP contribution in [-0.2, 0) is 0 Å². The number of nitrogens with one attached hydrogen (secondary N) is 2. The molecule has 5 heteroatoms. The molecule has 1 atom stereocenters. The van der Waals surface area contributed by atoms with E-state index >= 15 is 0 Å². The van der Waals surface area contributed by atoms with Crippen LogP contribution in [0.5, 0.6) is 0 Å². The number of thioether (sulfide) groups is 1. The molecule has 1 heterocycles. The van der Waals surface area contributed by atoms with E-state index in [2.05, 4.69) is 35.8 Å². The molecule has 2 N–H and O–H groups in total. The Labute approximate surface area is 129 Å². The van der Waals surface area contributed by atoms with Crippen LogP contribution in [0, 0.1) is 5.92 Å². The number of aliphatic imine (C=N–C) groups is 1. The standard InChI is InChI=1S/C15H32N4S/c1-4-16-15(17-9-5-6-11-20-3)18-12-14-8-7-10-19(2)13-14/h14H,4-13H2,1-3H3,(H2,16,17,18).